The highest BCUT2D eigenvalue weighted by atomic mass is 16.5. The second kappa shape index (κ2) is 10.4. The minimum absolute atomic E-state index is 0.121. The molecule has 111 valence electrons. The van der Waals surface area contributed by atoms with Crippen LogP contribution in [0, 0.1) is 6.92 Å². The number of unbranched alkanes of at least 4 members (excludes halogenated alkanes) is 3. The summed E-state index contributed by atoms with van der Waals surface area (Å²) in [7, 11) is 0. The van der Waals surface area contributed by atoms with Gasteiger partial charge >= 0.3 is 0 Å². The quantitative estimate of drug-likeness (QED) is 0.294. The molecule has 1 unspecified atom stereocenters. The van der Waals surface area contributed by atoms with Gasteiger partial charge in [-0.15, -0.1) is 0 Å². The number of ether oxygens (including phenoxy) is 1. The van der Waals surface area contributed by atoms with E-state index in [1.165, 1.54) is 18.4 Å². The first-order valence-corrected chi connectivity index (χ1v) is 7.38. The van der Waals surface area contributed by atoms with Crippen molar-refractivity contribution in [1.82, 2.24) is 0 Å². The van der Waals surface area contributed by atoms with Crippen molar-refractivity contribution in [2.75, 3.05) is 0 Å². The fourth-order valence-corrected chi connectivity index (χ4v) is 2.13. The molecule has 1 aromatic rings. The molecule has 0 bridgehead atoms. The molecule has 20 heavy (non-hydrogen) atoms. The highest BCUT2D eigenvalue weighted by molar-refractivity contribution is 5.81. The summed E-state index contributed by atoms with van der Waals surface area (Å²) < 4.78 is 5.97. The Kier molecular flexibility index (Phi) is 8.72. The summed E-state index contributed by atoms with van der Waals surface area (Å²) in [5.41, 5.74) is 1.90. The van der Waals surface area contributed by atoms with Crippen LogP contribution in [0.1, 0.15) is 51.0 Å². The summed E-state index contributed by atoms with van der Waals surface area (Å²) in [5.74, 6) is 0. The van der Waals surface area contributed by atoms with E-state index in [1.54, 1.807) is 0 Å². The fourth-order valence-electron chi connectivity index (χ4n) is 2.13. The topological polar surface area (TPSA) is 41.8 Å². The molecule has 3 heteroatoms. The number of hydrogen-bond acceptors (Lipinski definition) is 3. The molecule has 0 amide bonds. The van der Waals surface area contributed by atoms with Crippen molar-refractivity contribution in [3.63, 3.8) is 0 Å². The van der Waals surface area contributed by atoms with Crippen molar-refractivity contribution >= 4 is 5.71 Å². The average molecular weight is 276 g/mol. The molecule has 1 atom stereocenters. The van der Waals surface area contributed by atoms with Gasteiger partial charge in [0, 0.05) is 6.42 Å². The van der Waals surface area contributed by atoms with Crippen LogP contribution in [0.5, 0.6) is 0 Å². The van der Waals surface area contributed by atoms with Crippen LogP contribution in [0.25, 0.3) is 0 Å². The van der Waals surface area contributed by atoms with Crippen molar-refractivity contribution in [2.45, 2.75) is 58.2 Å². The van der Waals surface area contributed by atoms with E-state index in [0.717, 1.165) is 25.0 Å². The summed E-state index contributed by atoms with van der Waals surface area (Å²) in [5, 5.41) is 12.1. The SMILES string of the molecule is [CH2]CCCCCC(CC(C)=NO)OCc1ccccc1. The molecule has 0 saturated heterocycles. The van der Waals surface area contributed by atoms with E-state index in [1.807, 2.05) is 25.1 Å². The number of hydrogen-bond donors (Lipinski definition) is 1. The second-order valence-electron chi connectivity index (χ2n) is 5.16. The predicted molar refractivity (Wildman–Crippen MR) is 83.0 cm³/mol. The molecule has 0 aromatic heterocycles. The van der Waals surface area contributed by atoms with Crippen LogP contribution in [0.4, 0.5) is 0 Å². The minimum Gasteiger partial charge on any atom is -0.411 e. The van der Waals surface area contributed by atoms with E-state index in [0.29, 0.717) is 13.0 Å². The van der Waals surface area contributed by atoms with Crippen molar-refractivity contribution in [1.29, 1.82) is 0 Å². The molecule has 0 aliphatic rings. The van der Waals surface area contributed by atoms with Crippen molar-refractivity contribution in [2.24, 2.45) is 5.16 Å². The summed E-state index contributed by atoms with van der Waals surface area (Å²) in [6, 6.07) is 10.2. The molecule has 1 rings (SSSR count). The van der Waals surface area contributed by atoms with Gasteiger partial charge in [0.05, 0.1) is 18.4 Å². The van der Waals surface area contributed by atoms with Crippen LogP contribution in [0.2, 0.25) is 0 Å². The molecule has 0 fully saturated rings. The molecule has 1 aromatic carbocycles. The van der Waals surface area contributed by atoms with Gasteiger partial charge in [0.15, 0.2) is 0 Å². The van der Waals surface area contributed by atoms with Crippen LogP contribution in [-0.2, 0) is 11.3 Å². The monoisotopic (exact) mass is 276 g/mol. The zero-order valence-corrected chi connectivity index (χ0v) is 12.4. The molecule has 1 N–H and O–H groups in total. The Labute approximate surface area is 122 Å². The van der Waals surface area contributed by atoms with Crippen LogP contribution >= 0.6 is 0 Å². The molecule has 0 heterocycles. The van der Waals surface area contributed by atoms with Gasteiger partial charge in [-0.05, 0) is 18.9 Å². The largest absolute Gasteiger partial charge is 0.411 e. The highest BCUT2D eigenvalue weighted by Crippen LogP contribution is 2.14. The second-order valence-corrected chi connectivity index (χ2v) is 5.16. The third kappa shape index (κ3) is 7.29. The molecule has 0 aliphatic heterocycles. The molecular weight excluding hydrogens is 250 g/mol. The highest BCUT2D eigenvalue weighted by Gasteiger charge is 2.11. The Balaban J connectivity index is 2.40. The maximum absolute atomic E-state index is 8.80. The Morgan fingerprint density at radius 2 is 2.00 bits per heavy atom. The molecule has 0 spiro atoms. The van der Waals surface area contributed by atoms with Crippen LogP contribution < -0.4 is 0 Å². The summed E-state index contributed by atoms with van der Waals surface area (Å²) >= 11 is 0. The maximum Gasteiger partial charge on any atom is 0.0720 e. The summed E-state index contributed by atoms with van der Waals surface area (Å²) in [4.78, 5) is 0. The van der Waals surface area contributed by atoms with E-state index < -0.39 is 0 Å². The molecule has 3 nitrogen and oxygen atoms in total. The lowest BCUT2D eigenvalue weighted by Crippen LogP contribution is -2.16. The van der Waals surface area contributed by atoms with Gasteiger partial charge in [-0.25, -0.2) is 0 Å². The van der Waals surface area contributed by atoms with Gasteiger partial charge in [0.2, 0.25) is 0 Å². The van der Waals surface area contributed by atoms with Gasteiger partial charge in [0.25, 0.3) is 0 Å². The van der Waals surface area contributed by atoms with Gasteiger partial charge in [0.1, 0.15) is 0 Å². The maximum atomic E-state index is 8.80. The Bertz CT molecular complexity index is 376. The number of nitrogens with zero attached hydrogens (tertiary/aromatic N) is 1. The average Bonchev–Trinajstić information content (AvgIpc) is 2.49. The first-order chi connectivity index (χ1) is 9.76. The van der Waals surface area contributed by atoms with Crippen molar-refractivity contribution in [3.05, 3.63) is 42.8 Å². The fraction of sp³-hybridized carbons (Fsp3) is 0.529. The van der Waals surface area contributed by atoms with E-state index in [4.69, 9.17) is 9.94 Å². The van der Waals surface area contributed by atoms with Crippen molar-refractivity contribution < 1.29 is 9.94 Å². The first kappa shape index (κ1) is 16.7. The number of benzene rings is 1. The standard InChI is InChI=1S/C17H26NO2/c1-3-4-5-9-12-17(13-15(2)18-19)20-14-16-10-7-6-8-11-16/h6-8,10-11,17,19H,1,3-5,9,12-14H2,2H3. The normalized spacial score (nSPS) is 13.4. The van der Waals surface area contributed by atoms with Gasteiger partial charge in [-0.3, -0.25) is 0 Å². The lowest BCUT2D eigenvalue weighted by molar-refractivity contribution is 0.0376. The zero-order valence-electron chi connectivity index (χ0n) is 12.4. The number of oxime groups is 1. The summed E-state index contributed by atoms with van der Waals surface area (Å²) in [6.07, 6.45) is 6.28. The summed E-state index contributed by atoms with van der Waals surface area (Å²) in [6.45, 7) is 6.30. The first-order valence-electron chi connectivity index (χ1n) is 7.38. The van der Waals surface area contributed by atoms with Gasteiger partial charge < -0.3 is 9.94 Å². The predicted octanol–water partition coefficient (Wildman–Crippen LogP) is 4.60. The molecule has 0 saturated carbocycles. The van der Waals surface area contributed by atoms with E-state index in [9.17, 15) is 0 Å². The van der Waals surface area contributed by atoms with E-state index >= 15 is 0 Å². The van der Waals surface area contributed by atoms with Gasteiger partial charge in [-0.1, -0.05) is 68.1 Å². The van der Waals surface area contributed by atoms with Crippen molar-refractivity contribution in [3.8, 4) is 0 Å². The van der Waals surface area contributed by atoms with Gasteiger partial charge in [-0.2, -0.15) is 0 Å². The van der Waals surface area contributed by atoms with Crippen LogP contribution in [0.3, 0.4) is 0 Å². The molecule has 0 aliphatic carbocycles. The zero-order chi connectivity index (χ0) is 14.6. The van der Waals surface area contributed by atoms with Crippen LogP contribution in [0.15, 0.2) is 35.5 Å². The third-order valence-electron chi connectivity index (χ3n) is 3.30. The Hall–Kier alpha value is -1.35. The Morgan fingerprint density at radius 1 is 1.25 bits per heavy atom. The lowest BCUT2D eigenvalue weighted by atomic mass is 10.0. The van der Waals surface area contributed by atoms with E-state index in [-0.39, 0.29) is 6.10 Å². The van der Waals surface area contributed by atoms with E-state index in [2.05, 4.69) is 24.2 Å². The minimum atomic E-state index is 0.121. The molecular formula is C17H26NO2. The lowest BCUT2D eigenvalue weighted by Gasteiger charge is -2.17. The third-order valence-corrected chi connectivity index (χ3v) is 3.30. The van der Waals surface area contributed by atoms with Crippen LogP contribution in [-0.4, -0.2) is 17.0 Å². The smallest absolute Gasteiger partial charge is 0.0720 e. The Morgan fingerprint density at radius 3 is 2.65 bits per heavy atom. The number of rotatable bonds is 10. The molecule has 1 radical (unpaired) electrons.